The van der Waals surface area contributed by atoms with E-state index in [1.54, 1.807) is 0 Å². The third kappa shape index (κ3) is 5.00. The van der Waals surface area contributed by atoms with Gasteiger partial charge in [0.2, 0.25) is 0 Å². The van der Waals surface area contributed by atoms with E-state index in [0.717, 1.165) is 59.0 Å². The fraction of sp³-hybridized carbons (Fsp3) is 0.778. The van der Waals surface area contributed by atoms with Gasteiger partial charge in [-0.1, -0.05) is 0 Å². The minimum absolute atomic E-state index is 0.173. The van der Waals surface area contributed by atoms with Gasteiger partial charge in [0.1, 0.15) is 5.60 Å². The van der Waals surface area contributed by atoms with Crippen molar-refractivity contribution >= 4 is 11.3 Å². The molecular formula is C18H31N3O2S. The first-order valence-electron chi connectivity index (χ1n) is 8.91. The molecule has 2 fully saturated rings. The van der Waals surface area contributed by atoms with Crippen LogP contribution in [0.15, 0.2) is 12.1 Å². The Hall–Kier alpha value is -0.500. The Labute approximate surface area is 150 Å². The van der Waals surface area contributed by atoms with Crippen molar-refractivity contribution < 1.29 is 9.47 Å². The zero-order chi connectivity index (χ0) is 17.0. The number of hydrogen-bond donors (Lipinski definition) is 0. The molecule has 136 valence electrons. The van der Waals surface area contributed by atoms with E-state index in [9.17, 15) is 0 Å². The molecule has 0 radical (unpaired) electrons. The van der Waals surface area contributed by atoms with Crippen LogP contribution in [0, 0.1) is 6.92 Å². The maximum atomic E-state index is 6.28. The van der Waals surface area contributed by atoms with Crippen molar-refractivity contribution in [2.45, 2.75) is 19.1 Å². The molecule has 0 saturated carbocycles. The van der Waals surface area contributed by atoms with Crippen LogP contribution >= 0.6 is 11.3 Å². The third-order valence-electron chi connectivity index (χ3n) is 4.80. The van der Waals surface area contributed by atoms with E-state index < -0.39 is 0 Å². The first-order valence-corrected chi connectivity index (χ1v) is 9.73. The van der Waals surface area contributed by atoms with E-state index in [4.69, 9.17) is 9.47 Å². The molecule has 0 aliphatic carbocycles. The van der Waals surface area contributed by atoms with Crippen LogP contribution in [0.1, 0.15) is 9.75 Å². The average Bonchev–Trinajstić information content (AvgIpc) is 2.84. The number of aryl methyl sites for hydroxylation is 1. The molecular weight excluding hydrogens is 322 g/mol. The van der Waals surface area contributed by atoms with Crippen molar-refractivity contribution in [1.29, 1.82) is 0 Å². The normalized spacial score (nSPS) is 27.0. The number of hydrogen-bond acceptors (Lipinski definition) is 6. The summed E-state index contributed by atoms with van der Waals surface area (Å²) in [4.78, 5) is 10.1. The van der Waals surface area contributed by atoms with Gasteiger partial charge in [-0.2, -0.15) is 0 Å². The first-order chi connectivity index (χ1) is 11.5. The summed E-state index contributed by atoms with van der Waals surface area (Å²) < 4.78 is 12.2. The number of ether oxygens (including phenoxy) is 2. The Morgan fingerprint density at radius 1 is 1.17 bits per heavy atom. The summed E-state index contributed by atoms with van der Waals surface area (Å²) in [5.41, 5.74) is -0.173. The lowest BCUT2D eigenvalue weighted by molar-refractivity contribution is -0.143. The van der Waals surface area contributed by atoms with Gasteiger partial charge in [0.05, 0.1) is 19.8 Å². The molecule has 2 saturated heterocycles. The Balaban J connectivity index is 1.61. The lowest BCUT2D eigenvalue weighted by Crippen LogP contribution is -2.58. The van der Waals surface area contributed by atoms with Gasteiger partial charge in [0.15, 0.2) is 0 Å². The molecule has 5 nitrogen and oxygen atoms in total. The summed E-state index contributed by atoms with van der Waals surface area (Å²) in [6.07, 6.45) is 0. The van der Waals surface area contributed by atoms with E-state index in [1.807, 2.05) is 11.3 Å². The smallest absolute Gasteiger partial charge is 0.117 e. The molecule has 1 spiro atoms. The Morgan fingerprint density at radius 2 is 1.96 bits per heavy atom. The number of rotatable bonds is 5. The topological polar surface area (TPSA) is 28.2 Å². The van der Waals surface area contributed by atoms with Gasteiger partial charge in [-0.15, -0.1) is 11.3 Å². The summed E-state index contributed by atoms with van der Waals surface area (Å²) in [6, 6.07) is 4.48. The highest BCUT2D eigenvalue weighted by molar-refractivity contribution is 7.11. The summed E-state index contributed by atoms with van der Waals surface area (Å²) >= 11 is 1.90. The number of thiophene rings is 1. The molecule has 1 atom stereocenters. The average molecular weight is 354 g/mol. The van der Waals surface area contributed by atoms with Crippen molar-refractivity contribution in [1.82, 2.24) is 14.7 Å². The standard InChI is InChI=1S/C18H31N3O2S/c1-16-4-5-17(24-16)12-21-9-11-23-18(14-21)13-20(7-6-19(2)3)8-10-22-15-18/h4-5H,6-15H2,1-3H3. The van der Waals surface area contributed by atoms with Gasteiger partial charge in [0, 0.05) is 55.6 Å². The SMILES string of the molecule is Cc1ccc(CN2CCOC3(COCCN(CCN(C)C)C3)C2)s1. The van der Waals surface area contributed by atoms with Crippen molar-refractivity contribution in [3.63, 3.8) is 0 Å². The van der Waals surface area contributed by atoms with E-state index in [0.29, 0.717) is 6.61 Å². The van der Waals surface area contributed by atoms with Crippen molar-refractivity contribution in [2.24, 2.45) is 0 Å². The van der Waals surface area contributed by atoms with Gasteiger partial charge in [-0.05, 0) is 33.2 Å². The quantitative estimate of drug-likeness (QED) is 0.800. The van der Waals surface area contributed by atoms with E-state index >= 15 is 0 Å². The zero-order valence-corrected chi connectivity index (χ0v) is 16.1. The highest BCUT2D eigenvalue weighted by Gasteiger charge is 2.40. The van der Waals surface area contributed by atoms with E-state index in [1.165, 1.54) is 9.75 Å². The molecule has 0 amide bonds. The van der Waals surface area contributed by atoms with Crippen molar-refractivity contribution in [3.05, 3.63) is 21.9 Å². The molecule has 3 heterocycles. The lowest BCUT2D eigenvalue weighted by atomic mass is 10.0. The molecule has 1 unspecified atom stereocenters. The molecule has 0 bridgehead atoms. The largest absolute Gasteiger partial charge is 0.377 e. The van der Waals surface area contributed by atoms with Crippen LogP contribution < -0.4 is 0 Å². The molecule has 24 heavy (non-hydrogen) atoms. The van der Waals surface area contributed by atoms with Gasteiger partial charge >= 0.3 is 0 Å². The van der Waals surface area contributed by atoms with Crippen LogP contribution in [-0.4, -0.2) is 93.5 Å². The van der Waals surface area contributed by atoms with Crippen molar-refractivity contribution in [2.75, 3.05) is 73.2 Å². The highest BCUT2D eigenvalue weighted by atomic mass is 32.1. The van der Waals surface area contributed by atoms with Crippen LogP contribution in [0.3, 0.4) is 0 Å². The van der Waals surface area contributed by atoms with Gasteiger partial charge in [0.25, 0.3) is 0 Å². The summed E-state index contributed by atoms with van der Waals surface area (Å²) in [5.74, 6) is 0. The van der Waals surface area contributed by atoms with Crippen LogP contribution in [0.25, 0.3) is 0 Å². The Kier molecular flexibility index (Phi) is 6.29. The minimum atomic E-state index is -0.173. The zero-order valence-electron chi connectivity index (χ0n) is 15.3. The van der Waals surface area contributed by atoms with Gasteiger partial charge < -0.3 is 14.4 Å². The van der Waals surface area contributed by atoms with Crippen LogP contribution in [0.5, 0.6) is 0 Å². The fourth-order valence-corrected chi connectivity index (χ4v) is 4.48. The molecule has 1 aromatic heterocycles. The van der Waals surface area contributed by atoms with E-state index in [2.05, 4.69) is 47.9 Å². The number of likely N-dealkylation sites (N-methyl/N-ethyl adjacent to an activating group) is 1. The predicted molar refractivity (Wildman–Crippen MR) is 98.8 cm³/mol. The van der Waals surface area contributed by atoms with Crippen LogP contribution in [0.2, 0.25) is 0 Å². The molecule has 0 aromatic carbocycles. The van der Waals surface area contributed by atoms with Crippen LogP contribution in [0.4, 0.5) is 0 Å². The summed E-state index contributed by atoms with van der Waals surface area (Å²) in [5, 5.41) is 0. The van der Waals surface area contributed by atoms with Gasteiger partial charge in [-0.3, -0.25) is 9.80 Å². The Bertz CT molecular complexity index is 522. The minimum Gasteiger partial charge on any atom is -0.377 e. The lowest BCUT2D eigenvalue weighted by Gasteiger charge is -2.43. The second-order valence-corrected chi connectivity index (χ2v) is 8.76. The second kappa shape index (κ2) is 8.25. The predicted octanol–water partition coefficient (Wildman–Crippen LogP) is 1.52. The summed E-state index contributed by atoms with van der Waals surface area (Å²) in [7, 11) is 4.26. The maximum Gasteiger partial charge on any atom is 0.117 e. The van der Waals surface area contributed by atoms with Crippen LogP contribution in [-0.2, 0) is 16.0 Å². The Morgan fingerprint density at radius 3 is 2.71 bits per heavy atom. The van der Waals surface area contributed by atoms with Crippen molar-refractivity contribution in [3.8, 4) is 0 Å². The molecule has 3 rings (SSSR count). The van der Waals surface area contributed by atoms with E-state index in [-0.39, 0.29) is 5.60 Å². The second-order valence-electron chi connectivity index (χ2n) is 7.39. The maximum absolute atomic E-state index is 6.28. The fourth-order valence-electron chi connectivity index (χ4n) is 3.55. The summed E-state index contributed by atoms with van der Waals surface area (Å²) in [6.45, 7) is 11.6. The third-order valence-corrected chi connectivity index (χ3v) is 5.78. The molecule has 2 aliphatic heterocycles. The first kappa shape index (κ1) is 18.3. The molecule has 1 aromatic rings. The highest BCUT2D eigenvalue weighted by Crippen LogP contribution is 2.25. The number of morpholine rings is 1. The molecule has 2 aliphatic rings. The molecule has 6 heteroatoms. The van der Waals surface area contributed by atoms with Gasteiger partial charge in [-0.25, -0.2) is 0 Å². The molecule has 0 N–H and O–H groups in total. The monoisotopic (exact) mass is 353 g/mol. The number of nitrogens with zero attached hydrogens (tertiary/aromatic N) is 3.